The van der Waals surface area contributed by atoms with E-state index in [1.807, 2.05) is 54.8 Å². The minimum absolute atomic E-state index is 0.170. The van der Waals surface area contributed by atoms with Gasteiger partial charge in [-0.1, -0.05) is 24.3 Å². The van der Waals surface area contributed by atoms with Crippen LogP contribution in [0.5, 0.6) is 0 Å². The maximum absolute atomic E-state index is 12.1. The average molecular weight is 368 g/mol. The number of hydrogen-bond donors (Lipinski definition) is 0. The summed E-state index contributed by atoms with van der Waals surface area (Å²) in [7, 11) is 0. The Morgan fingerprint density at radius 2 is 1.67 bits per heavy atom. The fourth-order valence-electron chi connectivity index (χ4n) is 1.67. The van der Waals surface area contributed by atoms with Crippen molar-refractivity contribution in [3.63, 3.8) is 0 Å². The second kappa shape index (κ2) is 6.38. The SMILES string of the molecule is CSc1ccc(C(=O)Cc2ccc(I)cc2)cc1. The van der Waals surface area contributed by atoms with Crippen molar-refractivity contribution >= 4 is 40.1 Å². The smallest absolute Gasteiger partial charge is 0.167 e. The molecule has 0 saturated heterocycles. The summed E-state index contributed by atoms with van der Waals surface area (Å²) in [5.41, 5.74) is 1.85. The molecule has 0 saturated carbocycles. The Kier molecular flexibility index (Phi) is 4.83. The predicted molar refractivity (Wildman–Crippen MR) is 85.4 cm³/mol. The normalized spacial score (nSPS) is 10.3. The van der Waals surface area contributed by atoms with E-state index in [0.29, 0.717) is 6.42 Å². The van der Waals surface area contributed by atoms with Gasteiger partial charge in [0.2, 0.25) is 0 Å². The van der Waals surface area contributed by atoms with Gasteiger partial charge in [-0.15, -0.1) is 11.8 Å². The summed E-state index contributed by atoms with van der Waals surface area (Å²) < 4.78 is 1.19. The summed E-state index contributed by atoms with van der Waals surface area (Å²) in [6, 6.07) is 15.9. The summed E-state index contributed by atoms with van der Waals surface area (Å²) in [6.45, 7) is 0. The van der Waals surface area contributed by atoms with Crippen molar-refractivity contribution in [1.29, 1.82) is 0 Å². The average Bonchev–Trinajstić information content (AvgIpc) is 2.41. The molecule has 2 rings (SSSR count). The van der Waals surface area contributed by atoms with Crippen molar-refractivity contribution in [2.75, 3.05) is 6.26 Å². The van der Waals surface area contributed by atoms with Crippen molar-refractivity contribution in [3.05, 3.63) is 63.2 Å². The number of rotatable bonds is 4. The van der Waals surface area contributed by atoms with Gasteiger partial charge in [-0.2, -0.15) is 0 Å². The fraction of sp³-hybridized carbons (Fsp3) is 0.133. The molecular formula is C15H13IOS. The lowest BCUT2D eigenvalue weighted by atomic mass is 10.0. The lowest BCUT2D eigenvalue weighted by Gasteiger charge is -2.03. The zero-order valence-electron chi connectivity index (χ0n) is 10.0. The van der Waals surface area contributed by atoms with Gasteiger partial charge in [0.25, 0.3) is 0 Å². The molecule has 92 valence electrons. The molecular weight excluding hydrogens is 355 g/mol. The Bertz CT molecular complexity index is 531. The van der Waals surface area contributed by atoms with E-state index in [2.05, 4.69) is 22.6 Å². The van der Waals surface area contributed by atoms with Gasteiger partial charge in [-0.25, -0.2) is 0 Å². The van der Waals surface area contributed by atoms with Gasteiger partial charge in [0.1, 0.15) is 0 Å². The van der Waals surface area contributed by atoms with E-state index in [9.17, 15) is 4.79 Å². The van der Waals surface area contributed by atoms with E-state index >= 15 is 0 Å². The first-order valence-corrected chi connectivity index (χ1v) is 7.91. The third-order valence-electron chi connectivity index (χ3n) is 2.69. The summed E-state index contributed by atoms with van der Waals surface area (Å²) in [4.78, 5) is 13.3. The third kappa shape index (κ3) is 3.59. The molecule has 0 aliphatic rings. The van der Waals surface area contributed by atoms with Gasteiger partial charge >= 0.3 is 0 Å². The lowest BCUT2D eigenvalue weighted by molar-refractivity contribution is 0.0993. The van der Waals surface area contributed by atoms with Gasteiger partial charge in [0.05, 0.1) is 0 Å². The molecule has 0 unspecified atom stereocenters. The Balaban J connectivity index is 2.09. The molecule has 0 atom stereocenters. The molecule has 18 heavy (non-hydrogen) atoms. The number of carbonyl (C=O) groups excluding carboxylic acids is 1. The quantitative estimate of drug-likeness (QED) is 0.451. The van der Waals surface area contributed by atoms with Crippen LogP contribution in [0, 0.1) is 3.57 Å². The second-order valence-electron chi connectivity index (χ2n) is 3.95. The second-order valence-corrected chi connectivity index (χ2v) is 6.08. The molecule has 0 N–H and O–H groups in total. The largest absolute Gasteiger partial charge is 0.294 e. The molecule has 3 heteroatoms. The van der Waals surface area contributed by atoms with Crippen LogP contribution in [0.15, 0.2) is 53.4 Å². The van der Waals surface area contributed by atoms with E-state index in [0.717, 1.165) is 11.1 Å². The van der Waals surface area contributed by atoms with Gasteiger partial charge in [-0.3, -0.25) is 4.79 Å². The highest BCUT2D eigenvalue weighted by molar-refractivity contribution is 14.1. The van der Waals surface area contributed by atoms with Gasteiger partial charge < -0.3 is 0 Å². The summed E-state index contributed by atoms with van der Waals surface area (Å²) >= 11 is 3.94. The number of ketones is 1. The predicted octanol–water partition coefficient (Wildman–Crippen LogP) is 4.44. The van der Waals surface area contributed by atoms with Gasteiger partial charge in [-0.05, 0) is 58.7 Å². The van der Waals surface area contributed by atoms with Crippen LogP contribution in [0.3, 0.4) is 0 Å². The Labute approximate surface area is 125 Å². The summed E-state index contributed by atoms with van der Waals surface area (Å²) in [5.74, 6) is 0.170. The topological polar surface area (TPSA) is 17.1 Å². The van der Waals surface area contributed by atoms with Crippen LogP contribution in [0.25, 0.3) is 0 Å². The van der Waals surface area contributed by atoms with Crippen LogP contribution in [0.4, 0.5) is 0 Å². The first-order chi connectivity index (χ1) is 8.69. The Morgan fingerprint density at radius 3 is 2.22 bits per heavy atom. The number of halogens is 1. The fourth-order valence-corrected chi connectivity index (χ4v) is 2.43. The lowest BCUT2D eigenvalue weighted by Crippen LogP contribution is -2.03. The van der Waals surface area contributed by atoms with E-state index in [1.54, 1.807) is 11.8 Å². The minimum Gasteiger partial charge on any atom is -0.294 e. The highest BCUT2D eigenvalue weighted by Gasteiger charge is 2.06. The van der Waals surface area contributed by atoms with Crippen LogP contribution in [0.1, 0.15) is 15.9 Å². The van der Waals surface area contributed by atoms with Crippen LogP contribution in [-0.2, 0) is 6.42 Å². The number of thioether (sulfide) groups is 1. The first kappa shape index (κ1) is 13.6. The van der Waals surface area contributed by atoms with Crippen LogP contribution >= 0.6 is 34.4 Å². The molecule has 0 amide bonds. The molecule has 0 bridgehead atoms. The Hall–Kier alpha value is -0.810. The molecule has 0 radical (unpaired) electrons. The summed E-state index contributed by atoms with van der Waals surface area (Å²) in [5, 5.41) is 0. The molecule has 0 heterocycles. The number of benzene rings is 2. The van der Waals surface area contributed by atoms with Crippen LogP contribution in [-0.4, -0.2) is 12.0 Å². The Morgan fingerprint density at radius 1 is 1.06 bits per heavy atom. The zero-order valence-corrected chi connectivity index (χ0v) is 13.0. The van der Waals surface area contributed by atoms with Crippen LogP contribution in [0.2, 0.25) is 0 Å². The third-order valence-corrected chi connectivity index (χ3v) is 4.15. The first-order valence-electron chi connectivity index (χ1n) is 5.61. The number of carbonyl (C=O) groups is 1. The van der Waals surface area contributed by atoms with Crippen molar-refractivity contribution in [2.24, 2.45) is 0 Å². The van der Waals surface area contributed by atoms with E-state index in [4.69, 9.17) is 0 Å². The van der Waals surface area contributed by atoms with Gasteiger partial charge in [0.15, 0.2) is 5.78 Å². The highest BCUT2D eigenvalue weighted by atomic mass is 127. The highest BCUT2D eigenvalue weighted by Crippen LogP contribution is 2.16. The maximum atomic E-state index is 12.1. The van der Waals surface area contributed by atoms with Crippen molar-refractivity contribution in [1.82, 2.24) is 0 Å². The van der Waals surface area contributed by atoms with E-state index < -0.39 is 0 Å². The summed E-state index contributed by atoms with van der Waals surface area (Å²) in [6.07, 6.45) is 2.50. The van der Waals surface area contributed by atoms with Crippen molar-refractivity contribution in [2.45, 2.75) is 11.3 Å². The monoisotopic (exact) mass is 368 g/mol. The minimum atomic E-state index is 0.170. The standard InChI is InChI=1S/C15H13IOS/c1-18-14-8-4-12(5-9-14)15(17)10-11-2-6-13(16)7-3-11/h2-9H,10H2,1H3. The number of Topliss-reactive ketones (excluding diaryl/α,β-unsaturated/α-hetero) is 1. The van der Waals surface area contributed by atoms with Gasteiger partial charge in [0, 0.05) is 20.4 Å². The molecule has 0 spiro atoms. The van der Waals surface area contributed by atoms with Crippen molar-refractivity contribution in [3.8, 4) is 0 Å². The zero-order chi connectivity index (χ0) is 13.0. The van der Waals surface area contributed by atoms with Crippen LogP contribution < -0.4 is 0 Å². The molecule has 1 nitrogen and oxygen atoms in total. The molecule has 0 aliphatic carbocycles. The maximum Gasteiger partial charge on any atom is 0.167 e. The van der Waals surface area contributed by atoms with E-state index in [-0.39, 0.29) is 5.78 Å². The molecule has 2 aromatic rings. The molecule has 0 fully saturated rings. The molecule has 2 aromatic carbocycles. The molecule has 0 aliphatic heterocycles. The molecule has 0 aromatic heterocycles. The number of hydrogen-bond acceptors (Lipinski definition) is 2. The van der Waals surface area contributed by atoms with Crippen molar-refractivity contribution < 1.29 is 4.79 Å². The van der Waals surface area contributed by atoms with E-state index in [1.165, 1.54) is 8.47 Å².